The highest BCUT2D eigenvalue weighted by Crippen LogP contribution is 2.35. The first kappa shape index (κ1) is 19.0. The van der Waals surface area contributed by atoms with Crippen molar-refractivity contribution < 1.29 is 4.74 Å². The number of hydrogen-bond acceptors (Lipinski definition) is 4. The fourth-order valence-electron chi connectivity index (χ4n) is 4.09. The van der Waals surface area contributed by atoms with Crippen LogP contribution >= 0.6 is 0 Å². The molecule has 1 aliphatic rings. The molecule has 3 heterocycles. The third kappa shape index (κ3) is 3.86. The number of pyridine rings is 1. The second-order valence-electron chi connectivity index (χ2n) is 7.89. The number of imidazole rings is 1. The minimum absolute atomic E-state index is 0.829. The summed E-state index contributed by atoms with van der Waals surface area (Å²) in [5, 5.41) is 0. The van der Waals surface area contributed by atoms with Crippen molar-refractivity contribution >= 4 is 11.0 Å². The number of rotatable bonds is 5. The van der Waals surface area contributed by atoms with E-state index in [4.69, 9.17) is 9.72 Å². The van der Waals surface area contributed by atoms with Crippen LogP contribution in [-0.4, -0.2) is 52.3 Å². The fraction of sp³-hybridized carbons (Fsp3) is 0.280. The molecule has 1 saturated heterocycles. The van der Waals surface area contributed by atoms with E-state index in [1.165, 1.54) is 22.3 Å². The lowest BCUT2D eigenvalue weighted by Gasteiger charge is -2.26. The second-order valence-corrected chi connectivity index (χ2v) is 7.89. The zero-order valence-electron chi connectivity index (χ0n) is 17.3. The quantitative estimate of drug-likeness (QED) is 0.500. The number of hydrogen-bond donors (Lipinski definition) is 0. The Labute approximate surface area is 177 Å². The summed E-state index contributed by atoms with van der Waals surface area (Å²) in [7, 11) is 0. The Morgan fingerprint density at radius 2 is 1.73 bits per heavy atom. The lowest BCUT2D eigenvalue weighted by Crippen LogP contribution is -2.38. The summed E-state index contributed by atoms with van der Waals surface area (Å²) in [6.45, 7) is 7.72. The summed E-state index contributed by atoms with van der Waals surface area (Å²) in [4.78, 5) is 11.5. The van der Waals surface area contributed by atoms with Crippen molar-refractivity contribution in [3.8, 4) is 22.3 Å². The molecule has 2 aromatic carbocycles. The molecule has 1 aliphatic heterocycles. The van der Waals surface area contributed by atoms with Crippen LogP contribution in [0.25, 0.3) is 33.3 Å². The Morgan fingerprint density at radius 1 is 0.933 bits per heavy atom. The molecular formula is C25H26N4O. The maximum absolute atomic E-state index is 5.47. The highest BCUT2D eigenvalue weighted by molar-refractivity contribution is 5.93. The topological polar surface area (TPSA) is 43.2 Å². The van der Waals surface area contributed by atoms with Gasteiger partial charge >= 0.3 is 0 Å². The molecule has 0 N–H and O–H groups in total. The van der Waals surface area contributed by atoms with Crippen LogP contribution in [0.1, 0.15) is 5.56 Å². The number of ether oxygens (including phenoxy) is 1. The molecule has 0 atom stereocenters. The molecule has 2 aromatic heterocycles. The average Bonchev–Trinajstić information content (AvgIpc) is 3.20. The minimum atomic E-state index is 0.829. The van der Waals surface area contributed by atoms with Gasteiger partial charge in [-0.1, -0.05) is 35.9 Å². The Morgan fingerprint density at radius 3 is 2.50 bits per heavy atom. The van der Waals surface area contributed by atoms with E-state index < -0.39 is 0 Å². The zero-order chi connectivity index (χ0) is 20.3. The maximum Gasteiger partial charge on any atom is 0.0958 e. The molecule has 30 heavy (non-hydrogen) atoms. The molecule has 1 fully saturated rings. The van der Waals surface area contributed by atoms with Crippen LogP contribution in [0.5, 0.6) is 0 Å². The molecule has 0 saturated carbocycles. The van der Waals surface area contributed by atoms with Gasteiger partial charge in [-0.25, -0.2) is 4.98 Å². The maximum atomic E-state index is 5.47. The van der Waals surface area contributed by atoms with Crippen molar-refractivity contribution in [1.82, 2.24) is 19.4 Å². The predicted molar refractivity (Wildman–Crippen MR) is 120 cm³/mol. The van der Waals surface area contributed by atoms with Crippen molar-refractivity contribution in [2.75, 3.05) is 32.8 Å². The van der Waals surface area contributed by atoms with Gasteiger partial charge in [-0.05, 0) is 41.8 Å². The third-order valence-corrected chi connectivity index (χ3v) is 5.86. The first-order valence-electron chi connectivity index (χ1n) is 10.5. The minimum Gasteiger partial charge on any atom is -0.379 e. The van der Waals surface area contributed by atoms with Gasteiger partial charge in [0.15, 0.2) is 0 Å². The molecule has 0 unspecified atom stereocenters. The number of aryl methyl sites for hydroxylation is 1. The van der Waals surface area contributed by atoms with E-state index in [1.807, 2.05) is 24.8 Å². The van der Waals surface area contributed by atoms with E-state index in [9.17, 15) is 0 Å². The average molecular weight is 399 g/mol. The van der Waals surface area contributed by atoms with Gasteiger partial charge in [0.05, 0.1) is 30.6 Å². The monoisotopic (exact) mass is 398 g/mol. The largest absolute Gasteiger partial charge is 0.379 e. The molecule has 4 aromatic rings. The van der Waals surface area contributed by atoms with E-state index in [1.54, 1.807) is 0 Å². The first-order chi connectivity index (χ1) is 14.8. The summed E-state index contributed by atoms with van der Waals surface area (Å²) in [6.07, 6.45) is 5.73. The van der Waals surface area contributed by atoms with Crippen LogP contribution < -0.4 is 0 Å². The van der Waals surface area contributed by atoms with Crippen molar-refractivity contribution in [3.05, 3.63) is 72.8 Å². The predicted octanol–water partition coefficient (Wildman–Crippen LogP) is 4.41. The first-order valence-corrected chi connectivity index (χ1v) is 10.5. The molecule has 5 rings (SSSR count). The van der Waals surface area contributed by atoms with Gasteiger partial charge in [-0.15, -0.1) is 0 Å². The van der Waals surface area contributed by atoms with Crippen LogP contribution in [0, 0.1) is 6.92 Å². The van der Waals surface area contributed by atoms with E-state index in [0.717, 1.165) is 56.0 Å². The van der Waals surface area contributed by atoms with E-state index in [2.05, 4.69) is 63.8 Å². The van der Waals surface area contributed by atoms with E-state index >= 15 is 0 Å². The van der Waals surface area contributed by atoms with Gasteiger partial charge in [0, 0.05) is 44.1 Å². The van der Waals surface area contributed by atoms with Crippen molar-refractivity contribution in [3.63, 3.8) is 0 Å². The molecule has 0 radical (unpaired) electrons. The molecular weight excluding hydrogens is 372 g/mol. The number of fused-ring (bicyclic) bond motifs is 1. The van der Waals surface area contributed by atoms with Crippen molar-refractivity contribution in [2.45, 2.75) is 13.5 Å². The normalized spacial score (nSPS) is 15.0. The number of aromatic nitrogens is 3. The number of benzene rings is 2. The zero-order valence-corrected chi connectivity index (χ0v) is 17.3. The standard InChI is InChI=1S/C25H26N4O/c1-19-4-6-20(7-5-19)22-15-24-25(16-23(22)21-3-2-8-26-17-21)29(18-27-24)10-9-28-11-13-30-14-12-28/h2-8,15-18H,9-14H2,1H3. The second kappa shape index (κ2) is 8.38. The lowest BCUT2D eigenvalue weighted by molar-refractivity contribution is 0.0365. The molecule has 0 amide bonds. The van der Waals surface area contributed by atoms with Crippen LogP contribution in [0.2, 0.25) is 0 Å². The Hall–Kier alpha value is -3.02. The van der Waals surface area contributed by atoms with Gasteiger partial charge in [-0.3, -0.25) is 9.88 Å². The van der Waals surface area contributed by atoms with Crippen LogP contribution in [0.4, 0.5) is 0 Å². The fourth-order valence-corrected chi connectivity index (χ4v) is 4.09. The highest BCUT2D eigenvalue weighted by atomic mass is 16.5. The third-order valence-electron chi connectivity index (χ3n) is 5.86. The van der Waals surface area contributed by atoms with Gasteiger partial charge < -0.3 is 9.30 Å². The van der Waals surface area contributed by atoms with E-state index in [-0.39, 0.29) is 0 Å². The summed E-state index contributed by atoms with van der Waals surface area (Å²) >= 11 is 0. The Balaban J connectivity index is 1.55. The highest BCUT2D eigenvalue weighted by Gasteiger charge is 2.15. The molecule has 152 valence electrons. The molecule has 0 spiro atoms. The van der Waals surface area contributed by atoms with Gasteiger partial charge in [0.1, 0.15) is 0 Å². The number of morpholine rings is 1. The van der Waals surface area contributed by atoms with Crippen LogP contribution in [0.3, 0.4) is 0 Å². The Kier molecular flexibility index (Phi) is 5.30. The summed E-state index contributed by atoms with van der Waals surface area (Å²) in [6, 6.07) is 17.3. The van der Waals surface area contributed by atoms with Crippen molar-refractivity contribution in [2.24, 2.45) is 0 Å². The van der Waals surface area contributed by atoms with Crippen molar-refractivity contribution in [1.29, 1.82) is 0 Å². The SMILES string of the molecule is Cc1ccc(-c2cc3ncn(CCN4CCOCC4)c3cc2-c2cccnc2)cc1. The molecule has 0 aliphatic carbocycles. The van der Waals surface area contributed by atoms with Crippen LogP contribution in [0.15, 0.2) is 67.3 Å². The lowest BCUT2D eigenvalue weighted by atomic mass is 9.94. The summed E-state index contributed by atoms with van der Waals surface area (Å²) in [5.41, 5.74) is 8.15. The number of nitrogens with zero attached hydrogens (tertiary/aromatic N) is 4. The molecule has 0 bridgehead atoms. The Bertz CT molecular complexity index is 1130. The summed E-state index contributed by atoms with van der Waals surface area (Å²) < 4.78 is 7.73. The van der Waals surface area contributed by atoms with Gasteiger partial charge in [0.2, 0.25) is 0 Å². The van der Waals surface area contributed by atoms with E-state index in [0.29, 0.717) is 0 Å². The van der Waals surface area contributed by atoms with Crippen LogP contribution in [-0.2, 0) is 11.3 Å². The molecule has 5 heteroatoms. The molecule has 5 nitrogen and oxygen atoms in total. The summed E-state index contributed by atoms with van der Waals surface area (Å²) in [5.74, 6) is 0. The van der Waals surface area contributed by atoms with Gasteiger partial charge in [0.25, 0.3) is 0 Å². The smallest absolute Gasteiger partial charge is 0.0958 e. The van der Waals surface area contributed by atoms with Gasteiger partial charge in [-0.2, -0.15) is 0 Å².